The molecule has 6 nitrogen and oxygen atoms in total. The molecule has 0 unspecified atom stereocenters. The van der Waals surface area contributed by atoms with Gasteiger partial charge in [-0.2, -0.15) is 0 Å². The minimum atomic E-state index is -0.187. The highest BCUT2D eigenvalue weighted by molar-refractivity contribution is 7.99. The second kappa shape index (κ2) is 8.53. The van der Waals surface area contributed by atoms with E-state index in [2.05, 4.69) is 20.5 Å². The van der Waals surface area contributed by atoms with Gasteiger partial charge in [0, 0.05) is 29.5 Å². The van der Waals surface area contributed by atoms with E-state index in [-0.39, 0.29) is 11.7 Å². The van der Waals surface area contributed by atoms with Gasteiger partial charge in [-0.05, 0) is 37.3 Å². The van der Waals surface area contributed by atoms with Crippen LogP contribution >= 0.6 is 35.0 Å². The lowest BCUT2D eigenvalue weighted by molar-refractivity contribution is -0.113. The molecular formula is C17H15Cl2N5OS. The first-order chi connectivity index (χ1) is 12.6. The van der Waals surface area contributed by atoms with Crippen molar-refractivity contribution in [2.75, 3.05) is 11.1 Å². The summed E-state index contributed by atoms with van der Waals surface area (Å²) >= 11 is 13.2. The Labute approximate surface area is 164 Å². The van der Waals surface area contributed by atoms with Gasteiger partial charge in [0.1, 0.15) is 0 Å². The summed E-state index contributed by atoms with van der Waals surface area (Å²) in [7, 11) is 0. The van der Waals surface area contributed by atoms with E-state index in [0.29, 0.717) is 27.4 Å². The van der Waals surface area contributed by atoms with Gasteiger partial charge in [0.25, 0.3) is 0 Å². The van der Waals surface area contributed by atoms with E-state index in [9.17, 15) is 4.79 Å². The first-order valence-corrected chi connectivity index (χ1v) is 9.54. The predicted molar refractivity (Wildman–Crippen MR) is 105 cm³/mol. The minimum absolute atomic E-state index is 0.185. The van der Waals surface area contributed by atoms with E-state index in [1.807, 2.05) is 23.6 Å². The van der Waals surface area contributed by atoms with Crippen LogP contribution < -0.4 is 5.32 Å². The molecular weight excluding hydrogens is 393 g/mol. The lowest BCUT2D eigenvalue weighted by Crippen LogP contribution is -2.15. The third kappa shape index (κ3) is 4.35. The maximum absolute atomic E-state index is 12.2. The molecule has 3 rings (SSSR count). The molecule has 1 amide bonds. The summed E-state index contributed by atoms with van der Waals surface area (Å²) in [5.74, 6) is 0.724. The molecule has 134 valence electrons. The van der Waals surface area contributed by atoms with E-state index < -0.39 is 0 Å². The van der Waals surface area contributed by atoms with Gasteiger partial charge >= 0.3 is 0 Å². The van der Waals surface area contributed by atoms with Gasteiger partial charge in [0.2, 0.25) is 5.91 Å². The van der Waals surface area contributed by atoms with E-state index >= 15 is 0 Å². The number of thioether (sulfide) groups is 1. The van der Waals surface area contributed by atoms with Gasteiger partial charge in [0.05, 0.1) is 16.5 Å². The van der Waals surface area contributed by atoms with E-state index in [4.69, 9.17) is 23.2 Å². The van der Waals surface area contributed by atoms with Crippen molar-refractivity contribution in [2.45, 2.75) is 18.6 Å². The van der Waals surface area contributed by atoms with Gasteiger partial charge < -0.3 is 9.88 Å². The lowest BCUT2D eigenvalue weighted by atomic mass is 10.3. The molecule has 0 aliphatic carbocycles. The number of pyridine rings is 1. The van der Waals surface area contributed by atoms with Gasteiger partial charge in [-0.1, -0.05) is 35.0 Å². The number of carbonyl (C=O) groups is 1. The molecule has 26 heavy (non-hydrogen) atoms. The molecule has 0 spiro atoms. The minimum Gasteiger partial charge on any atom is -0.324 e. The number of nitrogens with one attached hydrogen (secondary N) is 1. The van der Waals surface area contributed by atoms with Crippen LogP contribution in [0.1, 0.15) is 6.92 Å². The maximum atomic E-state index is 12.2. The quantitative estimate of drug-likeness (QED) is 0.613. The molecule has 2 aromatic heterocycles. The van der Waals surface area contributed by atoms with Crippen LogP contribution in [0.15, 0.2) is 47.9 Å². The Morgan fingerprint density at radius 1 is 1.27 bits per heavy atom. The Morgan fingerprint density at radius 2 is 2.12 bits per heavy atom. The first kappa shape index (κ1) is 18.7. The highest BCUT2D eigenvalue weighted by Gasteiger charge is 2.15. The van der Waals surface area contributed by atoms with Crippen molar-refractivity contribution in [1.82, 2.24) is 19.7 Å². The Kier molecular flexibility index (Phi) is 6.13. The van der Waals surface area contributed by atoms with Gasteiger partial charge in [-0.25, -0.2) is 0 Å². The average Bonchev–Trinajstić information content (AvgIpc) is 3.06. The SMILES string of the molecule is CCn1c(SCC(=O)Nc2ccc(Cl)cc2Cl)nnc1-c1cccnc1. The number of nitrogens with zero attached hydrogens (tertiary/aromatic N) is 4. The van der Waals surface area contributed by atoms with Crippen molar-refractivity contribution in [1.29, 1.82) is 0 Å². The third-order valence-corrected chi connectivity index (χ3v) is 5.00. The average molecular weight is 408 g/mol. The summed E-state index contributed by atoms with van der Waals surface area (Å²) in [6.45, 7) is 2.69. The highest BCUT2D eigenvalue weighted by Crippen LogP contribution is 2.26. The molecule has 3 aromatic rings. The van der Waals surface area contributed by atoms with Crippen LogP contribution in [0.25, 0.3) is 11.4 Å². The zero-order valence-electron chi connectivity index (χ0n) is 13.8. The van der Waals surface area contributed by atoms with Crippen LogP contribution in [-0.4, -0.2) is 31.4 Å². The molecule has 0 atom stereocenters. The van der Waals surface area contributed by atoms with Crippen LogP contribution in [0.5, 0.6) is 0 Å². The fourth-order valence-electron chi connectivity index (χ4n) is 2.30. The van der Waals surface area contributed by atoms with Crippen LogP contribution in [-0.2, 0) is 11.3 Å². The second-order valence-corrected chi connectivity index (χ2v) is 7.04. The predicted octanol–water partition coefficient (Wildman–Crippen LogP) is 4.40. The molecule has 0 radical (unpaired) electrons. The number of hydrogen-bond acceptors (Lipinski definition) is 5. The lowest BCUT2D eigenvalue weighted by Gasteiger charge is -2.08. The van der Waals surface area contributed by atoms with Crippen LogP contribution in [0.2, 0.25) is 10.0 Å². The molecule has 1 N–H and O–H groups in total. The molecule has 0 aliphatic heterocycles. The number of rotatable bonds is 6. The first-order valence-electron chi connectivity index (χ1n) is 7.79. The van der Waals surface area contributed by atoms with Crippen LogP contribution in [0.3, 0.4) is 0 Å². The summed E-state index contributed by atoms with van der Waals surface area (Å²) in [5, 5.41) is 12.8. The fourth-order valence-corrected chi connectivity index (χ4v) is 3.55. The Balaban J connectivity index is 1.68. The Hall–Kier alpha value is -2.09. The molecule has 0 aliphatic rings. The molecule has 0 bridgehead atoms. The number of benzene rings is 1. The summed E-state index contributed by atoms with van der Waals surface area (Å²) in [6.07, 6.45) is 3.44. The van der Waals surface area contributed by atoms with E-state index in [1.54, 1.807) is 30.6 Å². The zero-order chi connectivity index (χ0) is 18.5. The number of aromatic nitrogens is 4. The normalized spacial score (nSPS) is 10.7. The van der Waals surface area contributed by atoms with Gasteiger partial charge in [0.15, 0.2) is 11.0 Å². The van der Waals surface area contributed by atoms with Crippen molar-refractivity contribution in [2.24, 2.45) is 0 Å². The molecule has 0 saturated heterocycles. The van der Waals surface area contributed by atoms with Crippen molar-refractivity contribution < 1.29 is 4.79 Å². The number of anilines is 1. The summed E-state index contributed by atoms with van der Waals surface area (Å²) in [4.78, 5) is 16.3. The number of hydrogen-bond donors (Lipinski definition) is 1. The number of carbonyl (C=O) groups excluding carboxylic acids is 1. The monoisotopic (exact) mass is 407 g/mol. The molecule has 0 fully saturated rings. The topological polar surface area (TPSA) is 72.7 Å². The van der Waals surface area contributed by atoms with Crippen molar-refractivity contribution in [3.63, 3.8) is 0 Å². The van der Waals surface area contributed by atoms with Crippen molar-refractivity contribution >= 4 is 46.6 Å². The Bertz CT molecular complexity index is 917. The largest absolute Gasteiger partial charge is 0.324 e. The van der Waals surface area contributed by atoms with Crippen molar-refractivity contribution in [3.05, 3.63) is 52.8 Å². The summed E-state index contributed by atoms with van der Waals surface area (Å²) < 4.78 is 1.95. The standard InChI is InChI=1S/C17H15Cl2N5OS/c1-2-24-16(11-4-3-7-20-9-11)22-23-17(24)26-10-15(25)21-14-6-5-12(18)8-13(14)19/h3-9H,2,10H2,1H3,(H,21,25). The second-order valence-electron chi connectivity index (χ2n) is 5.25. The van der Waals surface area contributed by atoms with Crippen LogP contribution in [0.4, 0.5) is 5.69 Å². The molecule has 1 aromatic carbocycles. The third-order valence-electron chi connectivity index (χ3n) is 3.49. The number of amides is 1. The van der Waals surface area contributed by atoms with E-state index in [0.717, 1.165) is 11.4 Å². The fraction of sp³-hybridized carbons (Fsp3) is 0.176. The molecule has 9 heteroatoms. The highest BCUT2D eigenvalue weighted by atomic mass is 35.5. The zero-order valence-corrected chi connectivity index (χ0v) is 16.1. The summed E-state index contributed by atoms with van der Waals surface area (Å²) in [5.41, 5.74) is 1.40. The number of halogens is 2. The van der Waals surface area contributed by atoms with Crippen LogP contribution in [0, 0.1) is 0 Å². The Morgan fingerprint density at radius 3 is 2.81 bits per heavy atom. The smallest absolute Gasteiger partial charge is 0.234 e. The summed E-state index contributed by atoms with van der Waals surface area (Å²) in [6, 6.07) is 8.69. The van der Waals surface area contributed by atoms with Crippen molar-refractivity contribution in [3.8, 4) is 11.4 Å². The maximum Gasteiger partial charge on any atom is 0.234 e. The van der Waals surface area contributed by atoms with Gasteiger partial charge in [-0.3, -0.25) is 9.78 Å². The molecule has 0 saturated carbocycles. The van der Waals surface area contributed by atoms with E-state index in [1.165, 1.54) is 11.8 Å². The molecule has 2 heterocycles. The van der Waals surface area contributed by atoms with Gasteiger partial charge in [-0.15, -0.1) is 10.2 Å².